The highest BCUT2D eigenvalue weighted by Crippen LogP contribution is 2.41. The Kier molecular flexibility index (Phi) is 44.5. The highest BCUT2D eigenvalue weighted by atomic mass is 127. The van der Waals surface area contributed by atoms with Crippen molar-refractivity contribution in [3.05, 3.63) is 201 Å². The number of carboxylic acids is 1. The molecule has 4 aliphatic rings. The van der Waals surface area contributed by atoms with E-state index in [-0.39, 0.29) is 123 Å². The number of fused-ring (bicyclic) bond motifs is 2. The van der Waals surface area contributed by atoms with Crippen molar-refractivity contribution in [1.82, 2.24) is 59.8 Å². The van der Waals surface area contributed by atoms with Crippen LogP contribution < -0.4 is 66.8 Å². The van der Waals surface area contributed by atoms with Crippen LogP contribution in [0.3, 0.4) is 0 Å². The minimum Gasteiger partial charge on any atom is -0.542 e. The highest BCUT2D eigenvalue weighted by molar-refractivity contribution is 14.1. The summed E-state index contributed by atoms with van der Waals surface area (Å²) in [6, 6.07) is 28.6. The molecular formula is C94H111ClF15IN20O14S2. The summed E-state index contributed by atoms with van der Waals surface area (Å²) < 4.78 is 263. The van der Waals surface area contributed by atoms with Crippen LogP contribution in [0.1, 0.15) is 179 Å². The molecule has 0 spiro atoms. The van der Waals surface area contributed by atoms with E-state index >= 15 is 0 Å². The van der Waals surface area contributed by atoms with Gasteiger partial charge in [-0.25, -0.2) is 50.1 Å². The van der Waals surface area contributed by atoms with Crippen LogP contribution in [0.5, 0.6) is 11.5 Å². The monoisotopic (exact) mass is 2250 g/mol. The van der Waals surface area contributed by atoms with Gasteiger partial charge in [0.05, 0.1) is 146 Å². The number of nitrogens with zero attached hydrogens (tertiary/aromatic N) is 13. The quantitative estimate of drug-likeness (QED) is 0.0225. The molecule has 0 radical (unpaired) electrons. The molecule has 53 heteroatoms. The number of nitrogens with one attached hydrogen (secondary N) is 6. The van der Waals surface area contributed by atoms with Crippen molar-refractivity contribution in [2.45, 2.75) is 215 Å². The molecule has 4 fully saturated rings. The number of quaternary nitrogens is 1. The molecular weight excluding hydrogens is 2140 g/mol. The maximum absolute atomic E-state index is 13.4. The number of rotatable bonds is 19. The molecule has 8 heterocycles. The summed E-state index contributed by atoms with van der Waals surface area (Å²) in [5, 5.41) is 61.2. The Morgan fingerprint density at radius 3 is 1.14 bits per heavy atom. The number of aromatic amines is 2. The van der Waals surface area contributed by atoms with Gasteiger partial charge in [-0.15, -0.1) is 10.2 Å². The van der Waals surface area contributed by atoms with E-state index in [1.807, 2.05) is 39.5 Å². The third-order valence-electron chi connectivity index (χ3n) is 20.3. The fourth-order valence-electron chi connectivity index (χ4n) is 13.7. The largest absolute Gasteiger partial charge is 0.542 e. The number of carboxylic acid groups (broad SMARTS) is 1. The predicted molar refractivity (Wildman–Crippen MR) is 523 cm³/mol. The average molecular weight is 2260 g/mol. The number of alkyl carbamates (subject to hydrolysis) is 2. The Labute approximate surface area is 855 Å². The molecule has 10 aromatic rings. The number of nitriles is 4. The van der Waals surface area contributed by atoms with Crippen LogP contribution in [0.2, 0.25) is 0 Å². The number of hydrogen-bond acceptors (Lipinski definition) is 26. The summed E-state index contributed by atoms with van der Waals surface area (Å²) in [6.45, 7) is 26.4. The molecule has 4 aliphatic heterocycles. The number of carbonyl (C=O) groups excluding carboxylic acids is 3. The van der Waals surface area contributed by atoms with E-state index in [1.54, 1.807) is 105 Å². The zero-order valence-corrected chi connectivity index (χ0v) is 82.6. The second-order valence-corrected chi connectivity index (χ2v) is 39.3. The van der Waals surface area contributed by atoms with E-state index in [9.17, 15) is 102 Å². The number of imidazole rings is 2. The first kappa shape index (κ1) is 126. The van der Waals surface area contributed by atoms with Crippen LogP contribution in [0.25, 0.3) is 33.8 Å². The molecule has 14 rings (SSSR count). The first-order chi connectivity index (χ1) is 66.4. The van der Waals surface area contributed by atoms with Gasteiger partial charge in [-0.3, -0.25) is 9.59 Å². The van der Waals surface area contributed by atoms with Gasteiger partial charge in [-0.05, 0) is 214 Å². The molecule has 9 N–H and O–H groups in total. The molecule has 6 aromatic carbocycles. The SMILES string of the molecule is C.C.C.C.CC(C)(C)OC(=O)NC1CN(c2ccc(C#N)c(C(F)(F)F)c2)C1.CC(C)(C)OC(=O)NC1CNC1.CCCc1nc(C)c2c(=O)[nH]c(-c3cc(S(=O)(=O)Cl)ccc3OCC)nn12.CCCc1nc(C)c2c(=O)[nH]c(-c3cc(S(=O)(=O)NC4CN(c5ccc(C#N)c(C(F)(F)F)c5)C4)ccc3OCC)nn12.N#Cc1ccc(I)cc1C(F)(F)F.N#Cc1ccc(N2CC([NH3+])C2)cc1C(F)(F)F.O=C([O-])C(F)(F)F. The van der Waals surface area contributed by atoms with Crippen molar-refractivity contribution in [2.75, 3.05) is 80.3 Å². The van der Waals surface area contributed by atoms with E-state index in [4.69, 9.17) is 60.6 Å². The normalized spacial score (nSPS) is 13.7. The lowest BCUT2D eigenvalue weighted by atomic mass is 10.0. The molecule has 0 bridgehead atoms. The number of aryl methyl sites for hydroxylation is 4. The number of amides is 2. The van der Waals surface area contributed by atoms with Crippen LogP contribution in [-0.2, 0) is 70.9 Å². The molecule has 802 valence electrons. The average Bonchev–Trinajstić information content (AvgIpc) is 1.65. The van der Waals surface area contributed by atoms with E-state index in [2.05, 4.69) is 56.5 Å². The Hall–Kier alpha value is -13.3. The van der Waals surface area contributed by atoms with Crippen LogP contribution in [0, 0.1) is 62.7 Å². The van der Waals surface area contributed by atoms with Crippen molar-refractivity contribution in [1.29, 1.82) is 21.0 Å². The molecule has 2 amide bonds. The minimum absolute atomic E-state index is 0. The number of hydrogen-bond donors (Lipinski definition) is 7. The second-order valence-electron chi connectivity index (χ2n) is 33.8. The van der Waals surface area contributed by atoms with Gasteiger partial charge in [-0.2, -0.15) is 86.9 Å². The molecule has 0 aliphatic carbocycles. The van der Waals surface area contributed by atoms with Crippen molar-refractivity contribution in [2.24, 2.45) is 0 Å². The van der Waals surface area contributed by atoms with Gasteiger partial charge in [0, 0.05) is 83.4 Å². The summed E-state index contributed by atoms with van der Waals surface area (Å²) in [5.41, 5.74) is 0.128. The third-order valence-corrected chi connectivity index (χ3v) is 23.9. The topological polar surface area (TPSA) is 486 Å². The van der Waals surface area contributed by atoms with Gasteiger partial charge < -0.3 is 75.2 Å². The van der Waals surface area contributed by atoms with E-state index in [0.29, 0.717) is 112 Å². The number of carbonyl (C=O) groups is 3. The van der Waals surface area contributed by atoms with Crippen molar-refractivity contribution < 1.29 is 127 Å². The van der Waals surface area contributed by atoms with Crippen molar-refractivity contribution >= 4 is 98.6 Å². The van der Waals surface area contributed by atoms with Gasteiger partial charge in [0.2, 0.25) is 10.0 Å². The fraction of sp³-hybridized carbons (Fsp3) is 0.436. The van der Waals surface area contributed by atoms with E-state index < -0.39 is 118 Å². The summed E-state index contributed by atoms with van der Waals surface area (Å²) in [7, 11) is -2.57. The molecule has 0 unspecified atom stereocenters. The number of aromatic nitrogens is 8. The summed E-state index contributed by atoms with van der Waals surface area (Å²) in [4.78, 5) is 76.3. The summed E-state index contributed by atoms with van der Waals surface area (Å²) >= 11 is 1.77. The number of aliphatic carboxylic acids is 1. The van der Waals surface area contributed by atoms with Crippen LogP contribution in [0.4, 0.5) is 92.5 Å². The molecule has 0 saturated carbocycles. The van der Waals surface area contributed by atoms with Crippen LogP contribution in [0.15, 0.2) is 129 Å². The van der Waals surface area contributed by atoms with E-state index in [0.717, 1.165) is 62.3 Å². The number of ether oxygens (including phenoxy) is 4. The molecule has 0 atom stereocenters. The lowest BCUT2D eigenvalue weighted by Crippen LogP contribution is -2.76. The Morgan fingerprint density at radius 1 is 0.503 bits per heavy atom. The zero-order chi connectivity index (χ0) is 107. The van der Waals surface area contributed by atoms with Crippen molar-refractivity contribution in [3.63, 3.8) is 0 Å². The smallest absolute Gasteiger partial charge is 0.430 e. The molecule has 34 nitrogen and oxygen atoms in total. The van der Waals surface area contributed by atoms with Gasteiger partial charge in [-0.1, -0.05) is 43.6 Å². The van der Waals surface area contributed by atoms with Crippen LogP contribution in [-0.4, -0.2) is 181 Å². The Balaban J connectivity index is 0.000000379. The lowest BCUT2D eigenvalue weighted by molar-refractivity contribution is -0.424. The van der Waals surface area contributed by atoms with Crippen LogP contribution >= 0.6 is 33.3 Å². The second kappa shape index (κ2) is 51.9. The number of sulfonamides is 1. The third kappa shape index (κ3) is 34.7. The number of halogens is 17. The van der Waals surface area contributed by atoms with Crippen molar-refractivity contribution in [3.8, 4) is 58.6 Å². The summed E-state index contributed by atoms with van der Waals surface area (Å²) in [6.07, 6.45) is -21.4. The predicted octanol–water partition coefficient (Wildman–Crippen LogP) is 16.3. The summed E-state index contributed by atoms with van der Waals surface area (Å²) in [5.74, 6) is -0.766. The first-order valence-corrected chi connectivity index (χ1v) is 47.9. The highest BCUT2D eigenvalue weighted by Gasteiger charge is 2.42. The number of anilines is 3. The lowest BCUT2D eigenvalue weighted by Gasteiger charge is -2.41. The number of alkyl halides is 15. The molecule has 4 saturated heterocycles. The van der Waals surface area contributed by atoms with Gasteiger partial charge in [0.1, 0.15) is 46.4 Å². The molecule has 147 heavy (non-hydrogen) atoms. The Bertz CT molecular complexity index is 6840. The van der Waals surface area contributed by atoms with Gasteiger partial charge in [0.25, 0.3) is 20.2 Å². The minimum atomic E-state index is -5.19. The maximum atomic E-state index is 13.4. The molecule has 4 aromatic heterocycles. The van der Waals surface area contributed by atoms with Gasteiger partial charge >= 0.3 is 43.1 Å². The number of H-pyrrole nitrogens is 2. The van der Waals surface area contributed by atoms with Gasteiger partial charge in [0.15, 0.2) is 22.7 Å². The standard InChI is InChI=1S/C28H28F3N7O4S.C17H19ClN4O4S.C16H18F3N3O2.C11H10F3N3.C8H3F3IN.C8H16N2O2.C2HF3O2.4CH4/c1-4-6-24-33-16(3)25-27(39)34-26(35-38(24)25)21-12-20(9-10-23(21)42-5-2)43(40,41)36-18-14-37(15-18)19-8-7-17(13-32)22(11-19)28(29,30)31;1-4-6-14-19-10(3)15-17(23)20-16(21-22(14)15)12-9-11(27(18,24)25)7-8-13(12)26-5-2;1-15(2,3)24-14(23)21-11-8-22(9-11)12-5-4-10(7-20)13(6-12)16(17,18)19;12-11(13,14)10-3-9(2-1-7(10)4-15)17-5-8(16)6-17;9-8(10,11)7-3-6(12)2-1-5(7)4-13;1-8(2,3)12-7(11)10-6-4-9-5-6;3-2(4,5)1(6)7;;;;/h7-12,18,36H,4-6,14-15H2,1-3H3,(H,34,35,39);7-9H,4-6H2,1-3H3,(H,20,21,23);4-6,11H,8-9H2,1-3H3,(H,21,23);1-3,8H,5-6,16H2;1-3H;6,9H,4-5H2,1-3H3,(H,10,11);(H,6,7);4*1H4. The fourth-order valence-corrected chi connectivity index (χ4v) is 16.3. The first-order valence-electron chi connectivity index (χ1n) is 43.0. The maximum Gasteiger partial charge on any atom is 0.430 e. The number of benzene rings is 6. The zero-order valence-electron chi connectivity index (χ0n) is 78.1. The van der Waals surface area contributed by atoms with E-state index in [1.165, 1.54) is 81.8 Å². The Morgan fingerprint density at radius 2 is 0.830 bits per heavy atom.